The molecule has 180 valence electrons. The first-order chi connectivity index (χ1) is 15.2. The minimum Gasteiger partial charge on any atom is -0.480 e. The molecule has 12 nitrogen and oxygen atoms in total. The van der Waals surface area contributed by atoms with Crippen LogP contribution in [0.25, 0.3) is 0 Å². The summed E-state index contributed by atoms with van der Waals surface area (Å²) in [6.45, 7) is 1.52. The summed E-state index contributed by atoms with van der Waals surface area (Å²) in [5, 5.41) is 17.5. The van der Waals surface area contributed by atoms with Gasteiger partial charge in [0.15, 0.2) is 0 Å². The third-order valence-corrected chi connectivity index (χ3v) is 5.80. The Morgan fingerprint density at radius 1 is 1.03 bits per heavy atom. The second kappa shape index (κ2) is 12.3. The van der Waals surface area contributed by atoms with Gasteiger partial charge in [0.05, 0.1) is 12.5 Å². The van der Waals surface area contributed by atoms with Crippen molar-refractivity contribution in [2.24, 2.45) is 11.5 Å². The van der Waals surface area contributed by atoms with E-state index in [1.165, 1.54) is 4.90 Å². The summed E-state index contributed by atoms with van der Waals surface area (Å²) < 4.78 is 0. The Kier molecular flexibility index (Phi) is 9.85. The number of carbonyl (C=O) groups is 5. The number of primary amides is 1. The number of nitrogens with zero attached hydrogens (tertiary/aromatic N) is 1. The van der Waals surface area contributed by atoms with Gasteiger partial charge in [0.1, 0.15) is 18.1 Å². The van der Waals surface area contributed by atoms with Gasteiger partial charge in [0.25, 0.3) is 0 Å². The number of carboxylic acid groups (broad SMARTS) is 1. The molecule has 0 bridgehead atoms. The van der Waals surface area contributed by atoms with Crippen molar-refractivity contribution in [3.8, 4) is 0 Å². The first-order valence-corrected chi connectivity index (χ1v) is 11.1. The zero-order valence-electron chi connectivity index (χ0n) is 18.2. The van der Waals surface area contributed by atoms with E-state index in [-0.39, 0.29) is 17.9 Å². The van der Waals surface area contributed by atoms with Crippen molar-refractivity contribution in [1.82, 2.24) is 20.9 Å². The van der Waals surface area contributed by atoms with Crippen molar-refractivity contribution < 1.29 is 29.1 Å². The zero-order valence-corrected chi connectivity index (χ0v) is 18.2. The highest BCUT2D eigenvalue weighted by Crippen LogP contribution is 2.20. The van der Waals surface area contributed by atoms with Gasteiger partial charge in [-0.3, -0.25) is 19.2 Å². The summed E-state index contributed by atoms with van der Waals surface area (Å²) in [6, 6.07) is -3.49. The van der Waals surface area contributed by atoms with Gasteiger partial charge in [0, 0.05) is 6.54 Å². The summed E-state index contributed by atoms with van der Waals surface area (Å²) in [7, 11) is 0. The van der Waals surface area contributed by atoms with Crippen LogP contribution < -0.4 is 27.4 Å². The number of carboxylic acids is 1. The Morgan fingerprint density at radius 3 is 2.34 bits per heavy atom. The fourth-order valence-electron chi connectivity index (χ4n) is 4.10. The van der Waals surface area contributed by atoms with Crippen LogP contribution in [0.4, 0.5) is 0 Å². The lowest BCUT2D eigenvalue weighted by molar-refractivity contribution is -0.146. The van der Waals surface area contributed by atoms with Gasteiger partial charge in [-0.05, 0) is 58.0 Å². The van der Waals surface area contributed by atoms with Crippen molar-refractivity contribution >= 4 is 29.6 Å². The van der Waals surface area contributed by atoms with E-state index in [2.05, 4.69) is 16.0 Å². The van der Waals surface area contributed by atoms with E-state index in [9.17, 15) is 29.1 Å². The average Bonchev–Trinajstić information content (AvgIpc) is 3.43. The lowest BCUT2D eigenvalue weighted by atomic mass is 10.1. The third kappa shape index (κ3) is 7.16. The molecule has 4 amide bonds. The normalized spacial score (nSPS) is 22.2. The van der Waals surface area contributed by atoms with Gasteiger partial charge >= 0.3 is 5.97 Å². The molecule has 2 rings (SSSR count). The molecule has 32 heavy (non-hydrogen) atoms. The number of hydrogen-bond donors (Lipinski definition) is 6. The molecule has 4 unspecified atom stereocenters. The monoisotopic (exact) mass is 454 g/mol. The van der Waals surface area contributed by atoms with Crippen LogP contribution in [0.3, 0.4) is 0 Å². The van der Waals surface area contributed by atoms with Crippen LogP contribution in [0, 0.1) is 0 Å². The van der Waals surface area contributed by atoms with Crippen LogP contribution in [0.2, 0.25) is 0 Å². The summed E-state index contributed by atoms with van der Waals surface area (Å²) in [5.74, 6) is -3.53. The smallest absolute Gasteiger partial charge is 0.326 e. The lowest BCUT2D eigenvalue weighted by Crippen LogP contribution is -2.57. The summed E-state index contributed by atoms with van der Waals surface area (Å²) >= 11 is 0. The molecular formula is C20H34N6O6. The molecular weight excluding hydrogens is 420 g/mol. The van der Waals surface area contributed by atoms with E-state index >= 15 is 0 Å². The van der Waals surface area contributed by atoms with E-state index in [0.29, 0.717) is 51.6 Å². The number of nitrogens with one attached hydrogen (secondary N) is 3. The summed E-state index contributed by atoms with van der Waals surface area (Å²) in [5.41, 5.74) is 10.6. The van der Waals surface area contributed by atoms with E-state index in [4.69, 9.17) is 11.5 Å². The van der Waals surface area contributed by atoms with E-state index in [0.717, 1.165) is 13.0 Å². The van der Waals surface area contributed by atoms with Gasteiger partial charge < -0.3 is 37.4 Å². The molecule has 12 heteroatoms. The molecule has 2 aliphatic heterocycles. The van der Waals surface area contributed by atoms with Crippen LogP contribution >= 0.6 is 0 Å². The van der Waals surface area contributed by atoms with Crippen molar-refractivity contribution in [2.75, 3.05) is 19.6 Å². The minimum absolute atomic E-state index is 0.249. The van der Waals surface area contributed by atoms with E-state index in [1.54, 1.807) is 0 Å². The number of likely N-dealkylation sites (tertiary alicyclic amines) is 1. The number of rotatable bonds is 12. The number of nitrogens with two attached hydrogens (primary N) is 2. The topological polar surface area (TPSA) is 197 Å². The summed E-state index contributed by atoms with van der Waals surface area (Å²) in [6.07, 6.45) is 3.66. The highest BCUT2D eigenvalue weighted by atomic mass is 16.4. The van der Waals surface area contributed by atoms with Crippen LogP contribution in [0.5, 0.6) is 0 Å². The molecule has 2 fully saturated rings. The second-order valence-electron chi connectivity index (χ2n) is 8.25. The van der Waals surface area contributed by atoms with Crippen LogP contribution in [-0.4, -0.2) is 83.4 Å². The summed E-state index contributed by atoms with van der Waals surface area (Å²) in [4.78, 5) is 62.4. The maximum atomic E-state index is 13.3. The van der Waals surface area contributed by atoms with Crippen LogP contribution in [-0.2, 0) is 24.0 Å². The Hall–Kier alpha value is -2.73. The first-order valence-electron chi connectivity index (χ1n) is 11.1. The molecule has 0 saturated carbocycles. The van der Waals surface area contributed by atoms with Gasteiger partial charge in [-0.15, -0.1) is 0 Å². The Bertz CT molecular complexity index is 711. The quantitative estimate of drug-likeness (QED) is 0.178. The van der Waals surface area contributed by atoms with Crippen molar-refractivity contribution in [2.45, 2.75) is 75.5 Å². The van der Waals surface area contributed by atoms with Gasteiger partial charge in [0.2, 0.25) is 23.6 Å². The Balaban J connectivity index is 2.08. The minimum atomic E-state index is -1.47. The average molecular weight is 455 g/mol. The predicted molar refractivity (Wildman–Crippen MR) is 114 cm³/mol. The SMILES string of the molecule is NCCCCC(NC(=O)C1CCCN1)C(=O)N1CCCC1C(=O)NC(CC(N)=O)C(=O)O. The van der Waals surface area contributed by atoms with Crippen molar-refractivity contribution in [3.05, 3.63) is 0 Å². The lowest BCUT2D eigenvalue weighted by Gasteiger charge is -2.30. The van der Waals surface area contributed by atoms with Crippen molar-refractivity contribution in [3.63, 3.8) is 0 Å². The standard InChI is InChI=1S/C20H34N6O6/c21-8-2-1-5-13(24-17(28)12-6-3-9-23-12)19(30)26-10-4-7-15(26)18(29)25-14(20(31)32)11-16(22)27/h12-15,23H,1-11,21H2,(H2,22,27)(H,24,28)(H,25,29)(H,31,32). The molecule has 0 aliphatic carbocycles. The van der Waals surface area contributed by atoms with E-state index < -0.39 is 42.3 Å². The number of carbonyl (C=O) groups excluding carboxylic acids is 4. The second-order valence-corrected chi connectivity index (χ2v) is 8.25. The predicted octanol–water partition coefficient (Wildman–Crippen LogP) is -2.21. The zero-order chi connectivity index (χ0) is 23.7. The number of hydrogen-bond acceptors (Lipinski definition) is 7. The van der Waals surface area contributed by atoms with Gasteiger partial charge in [-0.2, -0.15) is 0 Å². The number of amides is 4. The molecule has 8 N–H and O–H groups in total. The molecule has 0 radical (unpaired) electrons. The molecule has 2 saturated heterocycles. The van der Waals surface area contributed by atoms with Gasteiger partial charge in [-0.25, -0.2) is 4.79 Å². The molecule has 4 atom stereocenters. The van der Waals surface area contributed by atoms with Crippen molar-refractivity contribution in [1.29, 1.82) is 0 Å². The van der Waals surface area contributed by atoms with Crippen LogP contribution in [0.15, 0.2) is 0 Å². The molecule has 0 aromatic heterocycles. The molecule has 2 heterocycles. The molecule has 2 aliphatic rings. The Morgan fingerprint density at radius 2 is 1.75 bits per heavy atom. The number of unbranched alkanes of at least 4 members (excludes halogenated alkanes) is 1. The fraction of sp³-hybridized carbons (Fsp3) is 0.750. The maximum absolute atomic E-state index is 13.3. The Labute approximate surface area is 186 Å². The highest BCUT2D eigenvalue weighted by molar-refractivity contribution is 5.95. The van der Waals surface area contributed by atoms with Crippen LogP contribution in [0.1, 0.15) is 51.4 Å². The highest BCUT2D eigenvalue weighted by Gasteiger charge is 2.39. The first kappa shape index (κ1) is 25.5. The maximum Gasteiger partial charge on any atom is 0.326 e. The molecule has 0 spiro atoms. The fourth-order valence-corrected chi connectivity index (χ4v) is 4.10. The van der Waals surface area contributed by atoms with Gasteiger partial charge in [-0.1, -0.05) is 0 Å². The largest absolute Gasteiger partial charge is 0.480 e. The third-order valence-electron chi connectivity index (χ3n) is 5.80. The van der Waals surface area contributed by atoms with E-state index in [1.807, 2.05) is 0 Å². The molecule has 0 aromatic carbocycles. The molecule has 0 aromatic rings. The number of aliphatic carboxylic acids is 1.